The van der Waals surface area contributed by atoms with E-state index in [1.54, 1.807) is 0 Å². The third-order valence-corrected chi connectivity index (χ3v) is 4.24. The molecule has 1 aliphatic heterocycles. The van der Waals surface area contributed by atoms with Gasteiger partial charge in [-0.05, 0) is 33.8 Å². The number of rotatable bonds is 1. The molecule has 0 spiro atoms. The second-order valence-corrected chi connectivity index (χ2v) is 6.23. The summed E-state index contributed by atoms with van der Waals surface area (Å²) in [6, 6.07) is 6.99. The van der Waals surface area contributed by atoms with Crippen LogP contribution in [0, 0.1) is 22.7 Å². The topological polar surface area (TPSA) is 92.1 Å². The second-order valence-electron chi connectivity index (χ2n) is 6.23. The van der Waals surface area contributed by atoms with Crippen molar-refractivity contribution in [2.45, 2.75) is 38.9 Å². The lowest BCUT2D eigenvalue weighted by Crippen LogP contribution is -2.41. The quantitative estimate of drug-likeness (QED) is 0.746. The molecule has 2 heterocycles. The molecule has 1 aromatic heterocycles. The van der Waals surface area contributed by atoms with E-state index < -0.39 is 18.3 Å². The van der Waals surface area contributed by atoms with Crippen LogP contribution in [0.4, 0.5) is 0 Å². The molecule has 7 heteroatoms. The Kier molecular flexibility index (Phi) is 3.03. The summed E-state index contributed by atoms with van der Waals surface area (Å²) >= 11 is 0. The van der Waals surface area contributed by atoms with Gasteiger partial charge in [-0.1, -0.05) is 0 Å². The zero-order valence-corrected chi connectivity index (χ0v) is 12.8. The average molecular weight is 295 g/mol. The number of nitriles is 2. The molecule has 2 aromatic rings. The lowest BCUT2D eigenvalue weighted by atomic mass is 9.90. The Labute approximate surface area is 128 Å². The number of nitrogens with zero attached hydrogens (tertiary/aromatic N) is 3. The van der Waals surface area contributed by atoms with Gasteiger partial charge in [0.1, 0.15) is 17.7 Å². The fourth-order valence-electron chi connectivity index (χ4n) is 2.22. The molecular weight excluding hydrogens is 281 g/mol. The highest BCUT2D eigenvalue weighted by molar-refractivity contribution is 6.59. The summed E-state index contributed by atoms with van der Waals surface area (Å²) in [5.74, 6) is 0.285. The standard InChI is InChI=1S/C15H14BN3O3/c1-14(2)15(3,4)22-16(21-14)13-19-11-5-9(7-17)10(8-18)6-12(11)20-13/h5-6H,1-4H3. The summed E-state index contributed by atoms with van der Waals surface area (Å²) in [5.41, 5.74) is 0.470. The van der Waals surface area contributed by atoms with Gasteiger partial charge in [-0.3, -0.25) is 0 Å². The van der Waals surface area contributed by atoms with Gasteiger partial charge in [0.2, 0.25) is 5.79 Å². The Morgan fingerprint density at radius 2 is 1.55 bits per heavy atom. The summed E-state index contributed by atoms with van der Waals surface area (Å²) in [4.78, 5) is 4.33. The van der Waals surface area contributed by atoms with E-state index >= 15 is 0 Å². The van der Waals surface area contributed by atoms with Gasteiger partial charge >= 0.3 is 7.12 Å². The molecule has 3 rings (SSSR count). The minimum absolute atomic E-state index is 0.256. The van der Waals surface area contributed by atoms with Crippen LogP contribution < -0.4 is 5.79 Å². The summed E-state index contributed by atoms with van der Waals surface area (Å²) in [7, 11) is -0.714. The van der Waals surface area contributed by atoms with E-state index in [2.05, 4.69) is 4.98 Å². The van der Waals surface area contributed by atoms with Crippen LogP contribution >= 0.6 is 0 Å². The molecule has 22 heavy (non-hydrogen) atoms. The van der Waals surface area contributed by atoms with Crippen LogP contribution in [0.3, 0.4) is 0 Å². The Morgan fingerprint density at radius 3 is 2.09 bits per heavy atom. The maximum absolute atomic E-state index is 9.06. The minimum atomic E-state index is -0.714. The predicted molar refractivity (Wildman–Crippen MR) is 79.2 cm³/mol. The highest BCUT2D eigenvalue weighted by Gasteiger charge is 2.54. The Hall–Kier alpha value is -2.35. The van der Waals surface area contributed by atoms with Gasteiger partial charge in [-0.15, -0.1) is 0 Å². The Balaban J connectivity index is 2.04. The third kappa shape index (κ3) is 2.07. The van der Waals surface area contributed by atoms with Gasteiger partial charge in [0.25, 0.3) is 0 Å². The van der Waals surface area contributed by atoms with Gasteiger partial charge < -0.3 is 13.7 Å². The molecule has 1 aromatic carbocycles. The van der Waals surface area contributed by atoms with Gasteiger partial charge in [0.05, 0.1) is 22.3 Å². The molecule has 1 saturated heterocycles. The molecule has 6 nitrogen and oxygen atoms in total. The molecule has 110 valence electrons. The van der Waals surface area contributed by atoms with Crippen LogP contribution in [0.25, 0.3) is 11.1 Å². The van der Waals surface area contributed by atoms with Gasteiger partial charge in [0, 0.05) is 6.07 Å². The predicted octanol–water partition coefficient (Wildman–Crippen LogP) is 1.87. The molecule has 0 amide bonds. The molecule has 0 unspecified atom stereocenters. The number of oxazole rings is 1. The Morgan fingerprint density at radius 1 is 1.00 bits per heavy atom. The smallest absolute Gasteiger partial charge is 0.443 e. The van der Waals surface area contributed by atoms with Gasteiger partial charge in [-0.2, -0.15) is 10.5 Å². The number of benzene rings is 1. The lowest BCUT2D eigenvalue weighted by Gasteiger charge is -2.32. The normalized spacial score (nSPS) is 19.1. The first kappa shape index (κ1) is 14.6. The fraction of sp³-hybridized carbons (Fsp3) is 0.400. The van der Waals surface area contributed by atoms with Crippen molar-refractivity contribution in [3.05, 3.63) is 23.3 Å². The third-order valence-electron chi connectivity index (χ3n) is 4.24. The van der Waals surface area contributed by atoms with Crippen molar-refractivity contribution >= 4 is 24.0 Å². The molecule has 0 N–H and O–H groups in total. The van der Waals surface area contributed by atoms with Crippen LogP contribution in [-0.2, 0) is 9.31 Å². The van der Waals surface area contributed by atoms with E-state index in [0.717, 1.165) is 0 Å². The maximum Gasteiger partial charge on any atom is 0.554 e. The first-order valence-electron chi connectivity index (χ1n) is 6.88. The number of aromatic nitrogens is 1. The fourth-order valence-corrected chi connectivity index (χ4v) is 2.22. The van der Waals surface area contributed by atoms with E-state index in [-0.39, 0.29) is 16.9 Å². The maximum atomic E-state index is 9.06. The van der Waals surface area contributed by atoms with Crippen molar-refractivity contribution in [1.29, 1.82) is 10.5 Å². The van der Waals surface area contributed by atoms with E-state index in [4.69, 9.17) is 24.2 Å². The average Bonchev–Trinajstić information content (AvgIpc) is 2.95. The van der Waals surface area contributed by atoms with Crippen molar-refractivity contribution in [3.63, 3.8) is 0 Å². The second kappa shape index (κ2) is 4.57. The lowest BCUT2D eigenvalue weighted by molar-refractivity contribution is 0.00578. The van der Waals surface area contributed by atoms with E-state index in [1.165, 1.54) is 12.1 Å². The van der Waals surface area contributed by atoms with Gasteiger partial charge in [0.15, 0.2) is 5.58 Å². The molecule has 0 saturated carbocycles. The molecule has 1 aliphatic rings. The first-order chi connectivity index (χ1) is 10.3. The molecule has 0 aliphatic carbocycles. The molecular formula is C15H14BN3O3. The van der Waals surface area contributed by atoms with Crippen molar-refractivity contribution in [2.24, 2.45) is 0 Å². The summed E-state index contributed by atoms with van der Waals surface area (Å²) in [5, 5.41) is 18.1. The summed E-state index contributed by atoms with van der Waals surface area (Å²) < 4.78 is 17.4. The molecule has 0 radical (unpaired) electrons. The van der Waals surface area contributed by atoms with E-state index in [1.807, 2.05) is 39.8 Å². The zero-order chi connectivity index (χ0) is 16.1. The van der Waals surface area contributed by atoms with Crippen LogP contribution in [0.2, 0.25) is 0 Å². The van der Waals surface area contributed by atoms with Crippen molar-refractivity contribution < 1.29 is 13.7 Å². The SMILES string of the molecule is CC1(C)OB(c2nc3cc(C#N)c(C#N)cc3o2)OC1(C)C. The monoisotopic (exact) mass is 295 g/mol. The summed E-state index contributed by atoms with van der Waals surface area (Å²) in [6.07, 6.45) is 0. The van der Waals surface area contributed by atoms with E-state index in [9.17, 15) is 0 Å². The highest BCUT2D eigenvalue weighted by atomic mass is 16.7. The Bertz CT molecular complexity index is 775. The van der Waals surface area contributed by atoms with E-state index in [0.29, 0.717) is 11.1 Å². The van der Waals surface area contributed by atoms with Crippen molar-refractivity contribution in [1.82, 2.24) is 4.98 Å². The number of hydrogen-bond acceptors (Lipinski definition) is 6. The van der Waals surface area contributed by atoms with Crippen LogP contribution in [0.15, 0.2) is 16.5 Å². The molecule has 1 fully saturated rings. The minimum Gasteiger partial charge on any atom is -0.443 e. The van der Waals surface area contributed by atoms with Crippen molar-refractivity contribution in [3.8, 4) is 12.1 Å². The van der Waals surface area contributed by atoms with Crippen LogP contribution in [0.1, 0.15) is 38.8 Å². The summed E-state index contributed by atoms with van der Waals surface area (Å²) in [6.45, 7) is 7.77. The molecule has 0 bridgehead atoms. The molecule has 0 atom stereocenters. The largest absolute Gasteiger partial charge is 0.554 e. The zero-order valence-electron chi connectivity index (χ0n) is 12.8. The number of fused-ring (bicyclic) bond motifs is 1. The van der Waals surface area contributed by atoms with Gasteiger partial charge in [-0.25, -0.2) is 4.98 Å². The highest BCUT2D eigenvalue weighted by Crippen LogP contribution is 2.36. The first-order valence-corrected chi connectivity index (χ1v) is 6.88. The number of hydrogen-bond donors (Lipinski definition) is 0. The van der Waals surface area contributed by atoms with Crippen LogP contribution in [-0.4, -0.2) is 23.3 Å². The van der Waals surface area contributed by atoms with Crippen LogP contribution in [0.5, 0.6) is 0 Å². The van der Waals surface area contributed by atoms with Crippen molar-refractivity contribution in [2.75, 3.05) is 0 Å².